The topological polar surface area (TPSA) is 20.2 Å². The molecule has 1 fully saturated rings. The third kappa shape index (κ3) is 1.16. The van der Waals surface area contributed by atoms with Crippen molar-refractivity contribution >= 4 is 0 Å². The lowest BCUT2D eigenvalue weighted by molar-refractivity contribution is -0.0546. The average Bonchev–Trinajstić information content (AvgIpc) is 2.62. The summed E-state index contributed by atoms with van der Waals surface area (Å²) in [4.78, 5) is 0. The molecule has 1 N–H and O–H groups in total. The first-order chi connectivity index (χ1) is 5.68. The van der Waals surface area contributed by atoms with Crippen LogP contribution >= 0.6 is 0 Å². The summed E-state index contributed by atoms with van der Waals surface area (Å²) in [6.45, 7) is 0. The molecule has 2 bridgehead atoms. The van der Waals surface area contributed by atoms with Gasteiger partial charge in [-0.25, -0.2) is 8.78 Å². The fourth-order valence-corrected chi connectivity index (χ4v) is 2.39. The van der Waals surface area contributed by atoms with E-state index in [0.717, 1.165) is 6.42 Å². The Balaban J connectivity index is 2.03. The Morgan fingerprint density at radius 2 is 2.00 bits per heavy atom. The first kappa shape index (κ1) is 8.17. The number of halogens is 2. The second kappa shape index (κ2) is 2.80. The predicted octanol–water partition coefficient (Wildman–Crippen LogP) is 1.82. The van der Waals surface area contributed by atoms with Gasteiger partial charge in [-0.15, -0.1) is 0 Å². The third-order valence-electron chi connectivity index (χ3n) is 3.00. The number of aliphatic hydroxyl groups excluding tert-OH is 1. The quantitative estimate of drug-likeness (QED) is 0.633. The van der Waals surface area contributed by atoms with E-state index in [4.69, 9.17) is 5.11 Å². The van der Waals surface area contributed by atoms with Crippen LogP contribution in [-0.2, 0) is 0 Å². The molecule has 12 heavy (non-hydrogen) atoms. The zero-order chi connectivity index (χ0) is 8.72. The van der Waals surface area contributed by atoms with E-state index in [2.05, 4.69) is 6.08 Å². The lowest BCUT2D eigenvalue weighted by atomic mass is 9.89. The second-order valence-corrected chi connectivity index (χ2v) is 3.76. The molecule has 2 aliphatic rings. The van der Waals surface area contributed by atoms with Crippen molar-refractivity contribution in [2.75, 3.05) is 0 Å². The van der Waals surface area contributed by atoms with Gasteiger partial charge < -0.3 is 5.11 Å². The summed E-state index contributed by atoms with van der Waals surface area (Å²) in [6, 6.07) is 0. The van der Waals surface area contributed by atoms with Crippen molar-refractivity contribution in [3.05, 3.63) is 12.2 Å². The molecule has 68 valence electrons. The van der Waals surface area contributed by atoms with Crippen LogP contribution in [0.5, 0.6) is 0 Å². The van der Waals surface area contributed by atoms with Gasteiger partial charge in [0.05, 0.1) is 0 Å². The minimum atomic E-state index is -2.30. The number of fused-ring (bicyclic) bond motifs is 2. The van der Waals surface area contributed by atoms with Crippen molar-refractivity contribution in [3.8, 4) is 0 Å². The van der Waals surface area contributed by atoms with E-state index >= 15 is 0 Å². The van der Waals surface area contributed by atoms with Crippen molar-refractivity contribution in [1.29, 1.82) is 0 Å². The van der Waals surface area contributed by atoms with Gasteiger partial charge in [-0.2, -0.15) is 0 Å². The van der Waals surface area contributed by atoms with Crippen LogP contribution in [0.1, 0.15) is 12.8 Å². The highest BCUT2D eigenvalue weighted by Gasteiger charge is 2.42. The van der Waals surface area contributed by atoms with E-state index in [9.17, 15) is 8.78 Å². The Hall–Kier alpha value is -0.440. The van der Waals surface area contributed by atoms with Crippen LogP contribution in [0, 0.1) is 17.8 Å². The maximum atomic E-state index is 13.0. The normalized spacial score (nSPS) is 43.4. The maximum absolute atomic E-state index is 13.0. The predicted molar refractivity (Wildman–Crippen MR) is 40.9 cm³/mol. The van der Waals surface area contributed by atoms with Crippen molar-refractivity contribution < 1.29 is 13.9 Å². The summed E-state index contributed by atoms with van der Waals surface area (Å²) in [6.07, 6.45) is 1.67. The molecule has 2 rings (SSSR count). The summed E-state index contributed by atoms with van der Waals surface area (Å²) in [5, 5.41) is 8.44. The average molecular weight is 174 g/mol. The van der Waals surface area contributed by atoms with Crippen LogP contribution in [-0.4, -0.2) is 17.6 Å². The number of hydrogen-bond donors (Lipinski definition) is 1. The van der Waals surface area contributed by atoms with Gasteiger partial charge in [0.1, 0.15) is 0 Å². The summed E-state index contributed by atoms with van der Waals surface area (Å²) in [5.41, 5.74) is 0. The van der Waals surface area contributed by atoms with E-state index in [1.165, 1.54) is 0 Å². The lowest BCUT2D eigenvalue weighted by Gasteiger charge is -2.22. The largest absolute Gasteiger partial charge is 0.362 e. The SMILES string of the molecule is OC(F)C(F)C1CC2C=CC1C2. The molecule has 0 amide bonds. The Bertz CT molecular complexity index is 203. The highest BCUT2D eigenvalue weighted by Crippen LogP contribution is 2.46. The molecule has 2 aliphatic carbocycles. The van der Waals surface area contributed by atoms with Gasteiger partial charge >= 0.3 is 0 Å². The summed E-state index contributed by atoms with van der Waals surface area (Å²) >= 11 is 0. The summed E-state index contributed by atoms with van der Waals surface area (Å²) in [7, 11) is 0. The monoisotopic (exact) mass is 174 g/mol. The third-order valence-corrected chi connectivity index (χ3v) is 3.00. The molecule has 0 aromatic rings. The molecule has 0 aliphatic heterocycles. The van der Waals surface area contributed by atoms with Crippen LogP contribution < -0.4 is 0 Å². The smallest absolute Gasteiger partial charge is 0.228 e. The molecule has 1 saturated carbocycles. The fourth-order valence-electron chi connectivity index (χ4n) is 2.39. The van der Waals surface area contributed by atoms with E-state index in [0.29, 0.717) is 12.3 Å². The van der Waals surface area contributed by atoms with Gasteiger partial charge in [-0.05, 0) is 24.7 Å². The molecular formula is C9H12F2O. The Kier molecular flexibility index (Phi) is 1.91. The van der Waals surface area contributed by atoms with Gasteiger partial charge in [0.2, 0.25) is 6.36 Å². The molecular weight excluding hydrogens is 162 g/mol. The number of allylic oxidation sites excluding steroid dienone is 2. The number of rotatable bonds is 2. The summed E-state index contributed by atoms with van der Waals surface area (Å²) < 4.78 is 25.3. The van der Waals surface area contributed by atoms with E-state index < -0.39 is 12.5 Å². The highest BCUT2D eigenvalue weighted by molar-refractivity contribution is 5.11. The molecule has 0 aromatic heterocycles. The van der Waals surface area contributed by atoms with Crippen molar-refractivity contribution in [3.63, 3.8) is 0 Å². The standard InChI is InChI=1S/C9H12F2O/c10-8(9(11)12)7-4-5-1-2-6(7)3-5/h1-2,5-9,12H,3-4H2. The second-order valence-electron chi connectivity index (χ2n) is 3.76. The van der Waals surface area contributed by atoms with Gasteiger partial charge in [0, 0.05) is 5.92 Å². The first-order valence-electron chi connectivity index (χ1n) is 4.33. The molecule has 3 heteroatoms. The van der Waals surface area contributed by atoms with Crippen LogP contribution in [0.2, 0.25) is 0 Å². The molecule has 5 unspecified atom stereocenters. The molecule has 0 saturated heterocycles. The van der Waals surface area contributed by atoms with Crippen LogP contribution in [0.15, 0.2) is 12.2 Å². The minimum absolute atomic E-state index is 0.162. The van der Waals surface area contributed by atoms with E-state index in [1.54, 1.807) is 0 Å². The molecule has 0 heterocycles. The van der Waals surface area contributed by atoms with Crippen LogP contribution in [0.4, 0.5) is 8.78 Å². The summed E-state index contributed by atoms with van der Waals surface area (Å²) in [5.74, 6) is 0.299. The van der Waals surface area contributed by atoms with Crippen molar-refractivity contribution in [1.82, 2.24) is 0 Å². The van der Waals surface area contributed by atoms with Crippen molar-refractivity contribution in [2.24, 2.45) is 17.8 Å². The van der Waals surface area contributed by atoms with E-state index in [1.807, 2.05) is 6.08 Å². The van der Waals surface area contributed by atoms with Gasteiger partial charge in [-0.3, -0.25) is 0 Å². The zero-order valence-electron chi connectivity index (χ0n) is 6.66. The van der Waals surface area contributed by atoms with Gasteiger partial charge in [0.25, 0.3) is 0 Å². The molecule has 0 spiro atoms. The first-order valence-corrected chi connectivity index (χ1v) is 4.33. The van der Waals surface area contributed by atoms with Gasteiger partial charge in [-0.1, -0.05) is 12.2 Å². The Morgan fingerprint density at radius 1 is 1.25 bits per heavy atom. The number of aliphatic hydroxyl groups is 1. The van der Waals surface area contributed by atoms with Crippen LogP contribution in [0.25, 0.3) is 0 Å². The van der Waals surface area contributed by atoms with Crippen molar-refractivity contribution in [2.45, 2.75) is 25.4 Å². The zero-order valence-corrected chi connectivity index (χ0v) is 6.66. The molecule has 0 aromatic carbocycles. The molecule has 0 radical (unpaired) electrons. The highest BCUT2D eigenvalue weighted by atomic mass is 19.2. The number of alkyl halides is 2. The lowest BCUT2D eigenvalue weighted by Crippen LogP contribution is -2.29. The molecule has 5 atom stereocenters. The molecule has 1 nitrogen and oxygen atoms in total. The fraction of sp³-hybridized carbons (Fsp3) is 0.778. The minimum Gasteiger partial charge on any atom is -0.362 e. The van der Waals surface area contributed by atoms with Gasteiger partial charge in [0.15, 0.2) is 6.17 Å². The maximum Gasteiger partial charge on any atom is 0.228 e. The van der Waals surface area contributed by atoms with E-state index in [-0.39, 0.29) is 11.8 Å². The van der Waals surface area contributed by atoms with Crippen LogP contribution in [0.3, 0.4) is 0 Å². The number of hydrogen-bond acceptors (Lipinski definition) is 1. The Labute approximate surface area is 70.1 Å². The Morgan fingerprint density at radius 3 is 2.42 bits per heavy atom.